The average Bonchev–Trinajstić information content (AvgIpc) is 2.80. The van der Waals surface area contributed by atoms with E-state index in [1.54, 1.807) is 54.6 Å². The van der Waals surface area contributed by atoms with Crippen molar-refractivity contribution < 1.29 is 23.1 Å². The Bertz CT molecular complexity index is 1130. The van der Waals surface area contributed by atoms with Gasteiger partial charge >= 0.3 is 0 Å². The molecule has 8 heteroatoms. The summed E-state index contributed by atoms with van der Waals surface area (Å²) in [5.41, 5.74) is 1.51. The Hall–Kier alpha value is -3.49. The zero-order valence-corrected chi connectivity index (χ0v) is 18.0. The van der Waals surface area contributed by atoms with E-state index in [-0.39, 0.29) is 23.5 Å². The summed E-state index contributed by atoms with van der Waals surface area (Å²) in [6.07, 6.45) is 0.929. The van der Waals surface area contributed by atoms with Gasteiger partial charge in [0.1, 0.15) is 18.1 Å². The van der Waals surface area contributed by atoms with E-state index in [4.69, 9.17) is 0 Å². The molecule has 0 saturated carbocycles. The normalized spacial score (nSPS) is 13.1. The molecule has 32 heavy (non-hydrogen) atoms. The number of carbonyl (C=O) groups is 2. The van der Waals surface area contributed by atoms with Crippen molar-refractivity contribution in [3.8, 4) is 5.75 Å². The van der Waals surface area contributed by atoms with E-state index in [9.17, 15) is 23.1 Å². The number of phenols is 1. The van der Waals surface area contributed by atoms with Crippen LogP contribution in [0, 0.1) is 0 Å². The predicted molar refractivity (Wildman–Crippen MR) is 121 cm³/mol. The molecule has 0 heterocycles. The van der Waals surface area contributed by atoms with Gasteiger partial charge in [0, 0.05) is 0 Å². The first-order valence-electron chi connectivity index (χ1n) is 10.0. The third kappa shape index (κ3) is 6.50. The van der Waals surface area contributed by atoms with Crippen LogP contribution in [-0.4, -0.2) is 37.8 Å². The number of rotatable bonds is 10. The van der Waals surface area contributed by atoms with Crippen molar-refractivity contribution >= 4 is 22.2 Å². The number of nitrogens with one attached hydrogen (secondary N) is 2. The molecule has 0 aliphatic rings. The molecule has 2 unspecified atom stereocenters. The lowest BCUT2D eigenvalue weighted by molar-refractivity contribution is -0.125. The molecule has 0 saturated heterocycles. The van der Waals surface area contributed by atoms with Crippen molar-refractivity contribution in [2.45, 2.75) is 29.8 Å². The van der Waals surface area contributed by atoms with Gasteiger partial charge in [-0.1, -0.05) is 60.7 Å². The topological polar surface area (TPSA) is 113 Å². The summed E-state index contributed by atoms with van der Waals surface area (Å²) in [6.45, 7) is 0. The maximum absolute atomic E-state index is 13.0. The Labute approximate surface area is 187 Å². The van der Waals surface area contributed by atoms with Gasteiger partial charge < -0.3 is 15.2 Å². The number of sulfonamides is 1. The number of aldehydes is 1. The lowest BCUT2D eigenvalue weighted by Gasteiger charge is -2.21. The van der Waals surface area contributed by atoms with Crippen LogP contribution in [0.15, 0.2) is 89.8 Å². The number of phenolic OH excluding ortho intramolecular Hbond substituents is 1. The minimum absolute atomic E-state index is 0.0434. The Balaban J connectivity index is 1.78. The Morgan fingerprint density at radius 1 is 0.844 bits per heavy atom. The minimum Gasteiger partial charge on any atom is -0.508 e. The molecule has 7 nitrogen and oxygen atoms in total. The van der Waals surface area contributed by atoms with Crippen molar-refractivity contribution in [3.05, 3.63) is 96.1 Å². The number of carbonyl (C=O) groups excluding carboxylic acids is 2. The molecule has 0 aliphatic carbocycles. The molecular weight excluding hydrogens is 428 g/mol. The highest BCUT2D eigenvalue weighted by Crippen LogP contribution is 2.13. The lowest BCUT2D eigenvalue weighted by atomic mass is 10.0. The largest absolute Gasteiger partial charge is 0.508 e. The molecule has 0 fully saturated rings. The van der Waals surface area contributed by atoms with E-state index in [0.717, 1.165) is 11.1 Å². The molecule has 166 valence electrons. The van der Waals surface area contributed by atoms with E-state index in [1.165, 1.54) is 24.3 Å². The first-order valence-corrected chi connectivity index (χ1v) is 11.5. The second-order valence-corrected chi connectivity index (χ2v) is 9.01. The van der Waals surface area contributed by atoms with Gasteiger partial charge in [0.05, 0.1) is 10.9 Å². The van der Waals surface area contributed by atoms with Gasteiger partial charge in [-0.15, -0.1) is 0 Å². The first-order chi connectivity index (χ1) is 15.4. The van der Waals surface area contributed by atoms with E-state index in [1.807, 2.05) is 6.07 Å². The molecule has 0 aromatic heterocycles. The van der Waals surface area contributed by atoms with Crippen LogP contribution >= 0.6 is 0 Å². The van der Waals surface area contributed by atoms with Gasteiger partial charge in [-0.3, -0.25) is 4.79 Å². The molecule has 0 aliphatic heterocycles. The number of aromatic hydroxyl groups is 1. The van der Waals surface area contributed by atoms with Gasteiger partial charge in [0.25, 0.3) is 0 Å². The molecule has 3 aromatic rings. The maximum Gasteiger partial charge on any atom is 0.241 e. The Morgan fingerprint density at radius 2 is 1.41 bits per heavy atom. The zero-order valence-electron chi connectivity index (χ0n) is 17.2. The van der Waals surface area contributed by atoms with Gasteiger partial charge in [-0.2, -0.15) is 4.72 Å². The zero-order chi connectivity index (χ0) is 23.0. The van der Waals surface area contributed by atoms with Crippen LogP contribution in [-0.2, 0) is 32.5 Å². The molecule has 0 spiro atoms. The minimum atomic E-state index is -3.96. The van der Waals surface area contributed by atoms with Crippen LogP contribution in [0.2, 0.25) is 0 Å². The van der Waals surface area contributed by atoms with Crippen molar-refractivity contribution in [2.24, 2.45) is 0 Å². The quantitative estimate of drug-likeness (QED) is 0.408. The third-order valence-electron chi connectivity index (χ3n) is 4.83. The number of benzene rings is 3. The molecule has 3 aromatic carbocycles. The van der Waals surface area contributed by atoms with Crippen LogP contribution in [0.3, 0.4) is 0 Å². The standard InChI is InChI=1S/C24H24N2O5S/c27-17-20(15-19-11-13-21(28)14-12-19)25-24(29)23(16-18-7-3-1-4-8-18)26-32(30,31)22-9-5-2-6-10-22/h1-14,17,20,23,26,28H,15-16H2,(H,25,29). The summed E-state index contributed by atoms with van der Waals surface area (Å²) in [5.74, 6) is -0.511. The van der Waals surface area contributed by atoms with Crippen molar-refractivity contribution in [3.63, 3.8) is 0 Å². The Kier molecular flexibility index (Phi) is 7.75. The molecule has 0 radical (unpaired) electrons. The van der Waals surface area contributed by atoms with Crippen molar-refractivity contribution in [1.82, 2.24) is 10.0 Å². The smallest absolute Gasteiger partial charge is 0.241 e. The second-order valence-electron chi connectivity index (χ2n) is 7.30. The highest BCUT2D eigenvalue weighted by Gasteiger charge is 2.27. The highest BCUT2D eigenvalue weighted by atomic mass is 32.2. The SMILES string of the molecule is O=CC(Cc1ccc(O)cc1)NC(=O)C(Cc1ccccc1)NS(=O)(=O)c1ccccc1. The first kappa shape index (κ1) is 23.2. The van der Waals surface area contributed by atoms with Crippen LogP contribution in [0.5, 0.6) is 5.75 Å². The van der Waals surface area contributed by atoms with Crippen molar-refractivity contribution in [1.29, 1.82) is 0 Å². The fourth-order valence-corrected chi connectivity index (χ4v) is 4.41. The summed E-state index contributed by atoms with van der Waals surface area (Å²) in [7, 11) is -3.96. The summed E-state index contributed by atoms with van der Waals surface area (Å²) < 4.78 is 28.1. The number of hydrogen-bond acceptors (Lipinski definition) is 5. The molecule has 3 N–H and O–H groups in total. The predicted octanol–water partition coefficient (Wildman–Crippen LogP) is 2.21. The van der Waals surface area contributed by atoms with E-state index in [0.29, 0.717) is 6.29 Å². The summed E-state index contributed by atoms with van der Waals surface area (Å²) in [5, 5.41) is 12.0. The third-order valence-corrected chi connectivity index (χ3v) is 6.32. The van der Waals surface area contributed by atoms with Crippen LogP contribution in [0.4, 0.5) is 0 Å². The number of amides is 1. The second kappa shape index (κ2) is 10.7. The monoisotopic (exact) mass is 452 g/mol. The maximum atomic E-state index is 13.0. The summed E-state index contributed by atoms with van der Waals surface area (Å²) >= 11 is 0. The van der Waals surface area contributed by atoms with Gasteiger partial charge in [0.15, 0.2) is 0 Å². The fourth-order valence-electron chi connectivity index (χ4n) is 3.20. The van der Waals surface area contributed by atoms with Crippen LogP contribution in [0.1, 0.15) is 11.1 Å². The molecule has 3 rings (SSSR count). The molecule has 2 atom stereocenters. The summed E-state index contributed by atoms with van der Waals surface area (Å²) in [4.78, 5) is 24.7. The fraction of sp³-hybridized carbons (Fsp3) is 0.167. The van der Waals surface area contributed by atoms with Crippen molar-refractivity contribution in [2.75, 3.05) is 0 Å². The molecule has 1 amide bonds. The molecular formula is C24H24N2O5S. The van der Waals surface area contributed by atoms with Gasteiger partial charge in [-0.25, -0.2) is 8.42 Å². The highest BCUT2D eigenvalue weighted by molar-refractivity contribution is 7.89. The Morgan fingerprint density at radius 3 is 2.00 bits per heavy atom. The van der Waals surface area contributed by atoms with E-state index >= 15 is 0 Å². The lowest BCUT2D eigenvalue weighted by Crippen LogP contribution is -2.51. The average molecular weight is 453 g/mol. The van der Waals surface area contributed by atoms with Gasteiger partial charge in [-0.05, 0) is 48.2 Å². The van der Waals surface area contributed by atoms with E-state index < -0.39 is 28.0 Å². The van der Waals surface area contributed by atoms with E-state index in [2.05, 4.69) is 10.0 Å². The summed E-state index contributed by atoms with van der Waals surface area (Å²) in [6, 6.07) is 21.1. The van der Waals surface area contributed by atoms with Crippen LogP contribution in [0.25, 0.3) is 0 Å². The van der Waals surface area contributed by atoms with Crippen LogP contribution < -0.4 is 10.0 Å². The van der Waals surface area contributed by atoms with Gasteiger partial charge in [0.2, 0.25) is 15.9 Å². The molecule has 0 bridgehead atoms. The number of hydrogen-bond donors (Lipinski definition) is 3.